The molecule has 1 aromatic heterocycles. The molecular weight excluding hydrogens is 518 g/mol. The first-order valence-corrected chi connectivity index (χ1v) is 12.4. The Morgan fingerprint density at radius 2 is 2.06 bits per heavy atom. The van der Waals surface area contributed by atoms with E-state index in [1.807, 2.05) is 42.7 Å². The number of nitrogens with one attached hydrogen (secondary N) is 1. The predicted molar refractivity (Wildman–Crippen MR) is 138 cm³/mol. The number of allylic oxidation sites excluding steroid dienone is 1. The fourth-order valence-electron chi connectivity index (χ4n) is 2.96. The monoisotopic (exact) mass is 543 g/mol. The molecule has 3 aromatic rings. The highest BCUT2D eigenvalue weighted by atomic mass is 79.9. The molecule has 10 heteroatoms. The second kappa shape index (κ2) is 12.4. The lowest BCUT2D eigenvalue weighted by molar-refractivity contribution is -0.118. The van der Waals surface area contributed by atoms with Crippen molar-refractivity contribution in [3.05, 3.63) is 64.7 Å². The van der Waals surface area contributed by atoms with Crippen molar-refractivity contribution in [3.8, 4) is 22.9 Å². The number of carbonyl (C=O) groups is 1. The maximum atomic E-state index is 12.3. The Morgan fingerprint density at radius 3 is 2.76 bits per heavy atom. The number of ether oxygens (including phenoxy) is 1. The van der Waals surface area contributed by atoms with Crippen molar-refractivity contribution in [2.24, 2.45) is 5.10 Å². The third-order valence-corrected chi connectivity index (χ3v) is 6.13. The van der Waals surface area contributed by atoms with E-state index in [2.05, 4.69) is 43.2 Å². The number of para-hydroxylation sites is 1. The van der Waals surface area contributed by atoms with Gasteiger partial charge in [0, 0.05) is 22.1 Å². The molecule has 0 bridgehead atoms. The number of nitrogens with zero attached hydrogens (tertiary/aromatic N) is 4. The van der Waals surface area contributed by atoms with Crippen molar-refractivity contribution in [2.75, 3.05) is 12.4 Å². The second-order valence-electron chi connectivity index (χ2n) is 7.38. The van der Waals surface area contributed by atoms with Gasteiger partial charge in [-0.05, 0) is 44.5 Å². The van der Waals surface area contributed by atoms with E-state index >= 15 is 0 Å². The van der Waals surface area contributed by atoms with Crippen LogP contribution in [0.15, 0.2) is 69.3 Å². The lowest BCUT2D eigenvalue weighted by Crippen LogP contribution is -2.20. The van der Waals surface area contributed by atoms with Gasteiger partial charge in [-0.15, -0.1) is 16.8 Å². The van der Waals surface area contributed by atoms with Gasteiger partial charge >= 0.3 is 0 Å². The number of hydrazone groups is 1. The summed E-state index contributed by atoms with van der Waals surface area (Å²) in [5, 5.41) is 23.4. The second-order valence-corrected chi connectivity index (χ2v) is 9.24. The molecule has 1 amide bonds. The molecule has 0 aliphatic heterocycles. The van der Waals surface area contributed by atoms with Gasteiger partial charge in [0.25, 0.3) is 5.91 Å². The average Bonchev–Trinajstić information content (AvgIpc) is 3.22. The highest BCUT2D eigenvalue weighted by Crippen LogP contribution is 2.29. The largest absolute Gasteiger partial charge is 0.504 e. The van der Waals surface area contributed by atoms with Crippen LogP contribution in [0, 0.1) is 0 Å². The Hall–Kier alpha value is -3.11. The normalized spacial score (nSPS) is 11.0. The Bertz CT molecular complexity index is 1180. The van der Waals surface area contributed by atoms with Gasteiger partial charge in [0.05, 0.1) is 18.6 Å². The molecule has 3 rings (SSSR count). The van der Waals surface area contributed by atoms with E-state index in [9.17, 15) is 9.90 Å². The molecule has 0 aliphatic rings. The molecule has 0 unspecified atom stereocenters. The third kappa shape index (κ3) is 6.94. The minimum atomic E-state index is -0.304. The van der Waals surface area contributed by atoms with Gasteiger partial charge in [0.15, 0.2) is 22.5 Å². The van der Waals surface area contributed by atoms with Crippen LogP contribution in [0.3, 0.4) is 0 Å². The maximum Gasteiger partial charge on any atom is 0.250 e. The highest BCUT2D eigenvalue weighted by molar-refractivity contribution is 9.10. The number of phenolic OH excluding ortho intramolecular Hbond substituents is 1. The van der Waals surface area contributed by atoms with Gasteiger partial charge in [0.1, 0.15) is 0 Å². The van der Waals surface area contributed by atoms with Gasteiger partial charge in [-0.25, -0.2) is 5.43 Å². The van der Waals surface area contributed by atoms with E-state index in [1.54, 1.807) is 18.2 Å². The van der Waals surface area contributed by atoms with Crippen molar-refractivity contribution >= 4 is 39.8 Å². The van der Waals surface area contributed by atoms with Gasteiger partial charge in [-0.1, -0.05) is 51.5 Å². The van der Waals surface area contributed by atoms with Gasteiger partial charge < -0.3 is 14.4 Å². The van der Waals surface area contributed by atoms with Crippen LogP contribution >= 0.6 is 27.7 Å². The van der Waals surface area contributed by atoms with Crippen molar-refractivity contribution in [1.29, 1.82) is 0 Å². The Kier molecular flexibility index (Phi) is 9.29. The first-order valence-electron chi connectivity index (χ1n) is 10.6. The zero-order valence-corrected chi connectivity index (χ0v) is 21.4. The van der Waals surface area contributed by atoms with Crippen LogP contribution in [-0.4, -0.2) is 44.4 Å². The molecule has 8 nitrogen and oxygen atoms in total. The van der Waals surface area contributed by atoms with Crippen molar-refractivity contribution in [2.45, 2.75) is 32.0 Å². The lowest BCUT2D eigenvalue weighted by Gasteiger charge is -2.10. The molecule has 2 N–H and O–H groups in total. The summed E-state index contributed by atoms with van der Waals surface area (Å²) in [6.07, 6.45) is 2.15. The number of amides is 1. The summed E-state index contributed by atoms with van der Waals surface area (Å²) in [5.74, 6) is 0.876. The number of rotatable bonds is 11. The zero-order chi connectivity index (χ0) is 24.5. The fraction of sp³-hybridized carbons (Fsp3) is 0.250. The predicted octanol–water partition coefficient (Wildman–Crippen LogP) is 5.02. The van der Waals surface area contributed by atoms with Gasteiger partial charge in [-0.3, -0.25) is 4.79 Å². The third-order valence-electron chi connectivity index (χ3n) is 4.64. The molecule has 0 saturated carbocycles. The van der Waals surface area contributed by atoms with E-state index < -0.39 is 0 Å². The summed E-state index contributed by atoms with van der Waals surface area (Å²) in [5.41, 5.74) is 4.91. The highest BCUT2D eigenvalue weighted by Gasteiger charge is 2.16. The minimum absolute atomic E-state index is 0.0252. The van der Waals surface area contributed by atoms with Crippen LogP contribution in [0.4, 0.5) is 0 Å². The Morgan fingerprint density at radius 1 is 1.29 bits per heavy atom. The topological polar surface area (TPSA) is 102 Å². The molecular formula is C24H26BrN5O3S. The number of aromatic hydroxyl groups is 1. The lowest BCUT2D eigenvalue weighted by atomic mass is 10.2. The SMILES string of the molecule is C=C(C)CCn1c(SCC(=O)NN=Cc2cccc(OCC)c2O)nnc1-c1ccc(Br)cc1. The van der Waals surface area contributed by atoms with E-state index in [0.29, 0.717) is 29.6 Å². The number of hydrogen-bond acceptors (Lipinski definition) is 7. The standard InChI is InChI=1S/C24H26BrN5O3S/c1-4-33-20-7-5-6-18(22(20)32)14-26-27-21(31)15-34-24-29-28-23(30(24)13-12-16(2)3)17-8-10-19(25)11-9-17/h5-11,14,32H,2,4,12-13,15H2,1,3H3,(H,27,31). The van der Waals surface area contributed by atoms with E-state index in [-0.39, 0.29) is 17.4 Å². The average molecular weight is 544 g/mol. The molecule has 178 valence electrons. The first kappa shape index (κ1) is 25.5. The summed E-state index contributed by atoms with van der Waals surface area (Å²) >= 11 is 4.73. The summed E-state index contributed by atoms with van der Waals surface area (Å²) in [4.78, 5) is 12.3. The minimum Gasteiger partial charge on any atom is -0.504 e. The van der Waals surface area contributed by atoms with Crippen LogP contribution < -0.4 is 10.2 Å². The Labute approximate surface area is 211 Å². The van der Waals surface area contributed by atoms with E-state index in [0.717, 1.165) is 27.9 Å². The van der Waals surface area contributed by atoms with Crippen LogP contribution in [0.1, 0.15) is 25.8 Å². The van der Waals surface area contributed by atoms with E-state index in [4.69, 9.17) is 4.74 Å². The molecule has 0 saturated heterocycles. The summed E-state index contributed by atoms with van der Waals surface area (Å²) < 4.78 is 8.33. The van der Waals surface area contributed by atoms with Crippen LogP contribution in [0.25, 0.3) is 11.4 Å². The number of carbonyl (C=O) groups excluding carboxylic acids is 1. The molecule has 0 aliphatic carbocycles. The molecule has 1 heterocycles. The van der Waals surface area contributed by atoms with Crippen LogP contribution in [0.5, 0.6) is 11.5 Å². The number of aromatic nitrogens is 3. The number of hydrogen-bond donors (Lipinski definition) is 2. The molecule has 0 spiro atoms. The van der Waals surface area contributed by atoms with Crippen molar-refractivity contribution < 1.29 is 14.6 Å². The smallest absolute Gasteiger partial charge is 0.250 e. The zero-order valence-electron chi connectivity index (χ0n) is 19.0. The maximum absolute atomic E-state index is 12.3. The molecule has 0 atom stereocenters. The molecule has 0 fully saturated rings. The summed E-state index contributed by atoms with van der Waals surface area (Å²) in [6.45, 7) is 8.88. The Balaban J connectivity index is 1.65. The number of phenols is 1. The molecule has 34 heavy (non-hydrogen) atoms. The van der Waals surface area contributed by atoms with Crippen LogP contribution in [0.2, 0.25) is 0 Å². The van der Waals surface area contributed by atoms with Gasteiger partial charge in [0.2, 0.25) is 0 Å². The van der Waals surface area contributed by atoms with E-state index in [1.165, 1.54) is 18.0 Å². The summed E-state index contributed by atoms with van der Waals surface area (Å²) in [6, 6.07) is 12.9. The van der Waals surface area contributed by atoms with Crippen molar-refractivity contribution in [3.63, 3.8) is 0 Å². The molecule has 2 aromatic carbocycles. The fourth-order valence-corrected chi connectivity index (χ4v) is 3.99. The van der Waals surface area contributed by atoms with Crippen molar-refractivity contribution in [1.82, 2.24) is 20.2 Å². The van der Waals surface area contributed by atoms with Gasteiger partial charge in [-0.2, -0.15) is 5.10 Å². The molecule has 0 radical (unpaired) electrons. The van der Waals surface area contributed by atoms with Crippen LogP contribution in [-0.2, 0) is 11.3 Å². The number of benzene rings is 2. The number of thioether (sulfide) groups is 1. The summed E-state index contributed by atoms with van der Waals surface area (Å²) in [7, 11) is 0. The number of halogens is 1. The quantitative estimate of drug-likeness (QED) is 0.152. The first-order chi connectivity index (χ1) is 16.4.